The van der Waals surface area contributed by atoms with Gasteiger partial charge in [0.1, 0.15) is 11.0 Å². The number of nitrogens with zero attached hydrogens (tertiary/aromatic N) is 3. The number of fused-ring (bicyclic) bond motifs is 2. The zero-order valence-corrected chi connectivity index (χ0v) is 9.36. The minimum atomic E-state index is 0.646. The van der Waals surface area contributed by atoms with Crippen LogP contribution in [0.1, 0.15) is 0 Å². The van der Waals surface area contributed by atoms with E-state index in [0.29, 0.717) is 10.7 Å². The number of nitrogens with two attached hydrogens (primary N) is 1. The monoisotopic (exact) mass is 232 g/mol. The number of hydrogen-bond acceptors (Lipinski definition) is 3. The lowest BCUT2D eigenvalue weighted by Gasteiger charge is -2.04. The van der Waals surface area contributed by atoms with Crippen LogP contribution in [0.2, 0.25) is 5.02 Å². The number of aryl methyl sites for hydroxylation is 1. The quantitative estimate of drug-likeness (QED) is 0.606. The van der Waals surface area contributed by atoms with Crippen LogP contribution in [0, 0.1) is 0 Å². The summed E-state index contributed by atoms with van der Waals surface area (Å²) >= 11 is 6.34. The molecule has 16 heavy (non-hydrogen) atoms. The Hall–Kier alpha value is -1.81. The van der Waals surface area contributed by atoms with E-state index >= 15 is 0 Å². The summed E-state index contributed by atoms with van der Waals surface area (Å²) in [7, 11) is 1.84. The lowest BCUT2D eigenvalue weighted by molar-refractivity contribution is 0.797. The smallest absolute Gasteiger partial charge is 0.111 e. The van der Waals surface area contributed by atoms with Gasteiger partial charge >= 0.3 is 0 Å². The van der Waals surface area contributed by atoms with Crippen molar-refractivity contribution >= 4 is 39.2 Å². The molecule has 2 N–H and O–H groups in total. The highest BCUT2D eigenvalue weighted by Crippen LogP contribution is 2.30. The second-order valence-corrected chi connectivity index (χ2v) is 4.08. The number of anilines is 1. The summed E-state index contributed by atoms with van der Waals surface area (Å²) in [6, 6.07) is 5.51. The highest BCUT2D eigenvalue weighted by atomic mass is 35.5. The maximum Gasteiger partial charge on any atom is 0.111 e. The van der Waals surface area contributed by atoms with Gasteiger partial charge in [-0.05, 0) is 18.2 Å². The zero-order valence-electron chi connectivity index (χ0n) is 8.61. The van der Waals surface area contributed by atoms with Crippen LogP contribution >= 0.6 is 11.6 Å². The molecule has 0 unspecified atom stereocenters. The third-order valence-corrected chi connectivity index (χ3v) is 3.01. The van der Waals surface area contributed by atoms with Crippen LogP contribution in [0.3, 0.4) is 0 Å². The molecule has 0 saturated heterocycles. The summed E-state index contributed by atoms with van der Waals surface area (Å²) in [5.74, 6) is 0. The Balaban J connectivity index is 2.58. The number of pyridine rings is 1. The van der Waals surface area contributed by atoms with Crippen molar-refractivity contribution in [3.63, 3.8) is 0 Å². The van der Waals surface area contributed by atoms with Gasteiger partial charge in [0, 0.05) is 18.1 Å². The Labute approximate surface area is 96.6 Å². The highest BCUT2D eigenvalue weighted by Gasteiger charge is 2.10. The van der Waals surface area contributed by atoms with Crippen molar-refractivity contribution in [3.05, 3.63) is 29.4 Å². The van der Waals surface area contributed by atoms with Gasteiger partial charge in [-0.2, -0.15) is 5.10 Å². The minimum absolute atomic E-state index is 0.646. The number of benzene rings is 1. The van der Waals surface area contributed by atoms with Crippen LogP contribution in [0.4, 0.5) is 5.69 Å². The summed E-state index contributed by atoms with van der Waals surface area (Å²) in [5, 5.41) is 5.65. The SMILES string of the molecule is Cn1ncc2nc3ccc(N)cc3c(Cl)c21. The molecule has 0 aliphatic rings. The molecular weight excluding hydrogens is 224 g/mol. The third kappa shape index (κ3) is 1.17. The molecule has 0 aliphatic carbocycles. The van der Waals surface area contributed by atoms with Gasteiger partial charge in [0.15, 0.2) is 0 Å². The normalized spacial score (nSPS) is 11.4. The molecule has 0 radical (unpaired) electrons. The van der Waals surface area contributed by atoms with Crippen LogP contribution in [0.15, 0.2) is 24.4 Å². The number of hydrogen-bond donors (Lipinski definition) is 1. The second-order valence-electron chi connectivity index (χ2n) is 3.70. The number of nitrogen functional groups attached to an aromatic ring is 1. The fourth-order valence-electron chi connectivity index (χ4n) is 1.85. The molecule has 0 aliphatic heterocycles. The van der Waals surface area contributed by atoms with Crippen molar-refractivity contribution in [3.8, 4) is 0 Å². The molecule has 1 aromatic carbocycles. The van der Waals surface area contributed by atoms with Crippen LogP contribution in [0.25, 0.3) is 21.9 Å². The fourth-order valence-corrected chi connectivity index (χ4v) is 2.22. The standard InChI is InChI=1S/C11H9ClN4/c1-16-11-9(5-14-16)15-8-3-2-6(13)4-7(8)10(11)12/h2-5H,13H2,1H3. The van der Waals surface area contributed by atoms with Gasteiger partial charge in [0.05, 0.1) is 16.7 Å². The Morgan fingerprint density at radius 3 is 2.94 bits per heavy atom. The molecule has 80 valence electrons. The first-order valence-electron chi connectivity index (χ1n) is 4.83. The molecule has 2 heterocycles. The van der Waals surface area contributed by atoms with E-state index in [1.807, 2.05) is 25.2 Å². The fraction of sp³-hybridized carbons (Fsp3) is 0.0909. The maximum atomic E-state index is 6.34. The molecular formula is C11H9ClN4. The van der Waals surface area contributed by atoms with Crippen molar-refractivity contribution in [2.75, 3.05) is 5.73 Å². The molecule has 0 saturated carbocycles. The van der Waals surface area contributed by atoms with E-state index in [4.69, 9.17) is 17.3 Å². The largest absolute Gasteiger partial charge is 0.399 e. The molecule has 2 aromatic heterocycles. The van der Waals surface area contributed by atoms with Gasteiger partial charge in [0.25, 0.3) is 0 Å². The summed E-state index contributed by atoms with van der Waals surface area (Å²) in [4.78, 5) is 4.48. The first-order chi connectivity index (χ1) is 7.66. The van der Waals surface area contributed by atoms with Crippen LogP contribution in [-0.2, 0) is 7.05 Å². The molecule has 5 heteroatoms. The Morgan fingerprint density at radius 1 is 1.31 bits per heavy atom. The van der Waals surface area contributed by atoms with Gasteiger partial charge in [-0.3, -0.25) is 4.68 Å². The molecule has 4 nitrogen and oxygen atoms in total. The summed E-state index contributed by atoms with van der Waals surface area (Å²) in [5.41, 5.74) is 8.88. The van der Waals surface area contributed by atoms with E-state index in [-0.39, 0.29) is 0 Å². The number of aromatic nitrogens is 3. The average Bonchev–Trinajstić information content (AvgIpc) is 2.62. The predicted molar refractivity (Wildman–Crippen MR) is 65.4 cm³/mol. The summed E-state index contributed by atoms with van der Waals surface area (Å²) in [6.45, 7) is 0. The van der Waals surface area contributed by atoms with Crippen molar-refractivity contribution in [2.45, 2.75) is 0 Å². The molecule has 0 amide bonds. The molecule has 0 fully saturated rings. The van der Waals surface area contributed by atoms with Gasteiger partial charge in [-0.1, -0.05) is 11.6 Å². The van der Waals surface area contributed by atoms with Gasteiger partial charge in [0.2, 0.25) is 0 Å². The average molecular weight is 233 g/mol. The van der Waals surface area contributed by atoms with Crippen LogP contribution in [0.5, 0.6) is 0 Å². The first kappa shape index (κ1) is 9.42. The maximum absolute atomic E-state index is 6.34. The number of halogens is 1. The van der Waals surface area contributed by atoms with Gasteiger partial charge < -0.3 is 5.73 Å². The molecule has 0 bridgehead atoms. The molecule has 0 atom stereocenters. The van der Waals surface area contributed by atoms with E-state index in [9.17, 15) is 0 Å². The Morgan fingerprint density at radius 2 is 2.12 bits per heavy atom. The van der Waals surface area contributed by atoms with E-state index in [1.165, 1.54) is 0 Å². The van der Waals surface area contributed by atoms with Crippen LogP contribution < -0.4 is 5.73 Å². The van der Waals surface area contributed by atoms with Gasteiger partial charge in [-0.25, -0.2) is 4.98 Å². The number of rotatable bonds is 0. The van der Waals surface area contributed by atoms with Crippen molar-refractivity contribution in [2.24, 2.45) is 7.05 Å². The lowest BCUT2D eigenvalue weighted by Crippen LogP contribution is -1.92. The van der Waals surface area contributed by atoms with E-state index < -0.39 is 0 Å². The molecule has 0 spiro atoms. The summed E-state index contributed by atoms with van der Waals surface area (Å²) in [6.07, 6.45) is 1.71. The van der Waals surface area contributed by atoms with E-state index in [2.05, 4.69) is 10.1 Å². The summed E-state index contributed by atoms with van der Waals surface area (Å²) < 4.78 is 1.72. The first-order valence-corrected chi connectivity index (χ1v) is 5.21. The van der Waals surface area contributed by atoms with Gasteiger partial charge in [-0.15, -0.1) is 0 Å². The van der Waals surface area contributed by atoms with E-state index in [0.717, 1.165) is 21.9 Å². The van der Waals surface area contributed by atoms with Crippen molar-refractivity contribution in [1.29, 1.82) is 0 Å². The van der Waals surface area contributed by atoms with E-state index in [1.54, 1.807) is 10.9 Å². The zero-order chi connectivity index (χ0) is 11.3. The minimum Gasteiger partial charge on any atom is -0.399 e. The molecule has 3 rings (SSSR count). The predicted octanol–water partition coefficient (Wildman–Crippen LogP) is 2.36. The highest BCUT2D eigenvalue weighted by molar-refractivity contribution is 6.39. The van der Waals surface area contributed by atoms with Crippen molar-refractivity contribution in [1.82, 2.24) is 14.8 Å². The Bertz CT molecular complexity index is 702. The molecule has 3 aromatic rings. The third-order valence-electron chi connectivity index (χ3n) is 2.63. The van der Waals surface area contributed by atoms with Crippen LogP contribution in [-0.4, -0.2) is 14.8 Å². The second kappa shape index (κ2) is 3.09. The van der Waals surface area contributed by atoms with Crippen molar-refractivity contribution < 1.29 is 0 Å². The lowest BCUT2D eigenvalue weighted by atomic mass is 10.2. The Kier molecular flexibility index (Phi) is 1.82. The topological polar surface area (TPSA) is 56.7 Å².